The SMILES string of the molecule is C=C/C=c1/cccc/c1=C(/C)n1c(SC(=O)NCC)nnc1-c1ccc(OC(=O)N(C)C)cc1OC(=O)N(C)C. The lowest BCUT2D eigenvalue weighted by atomic mass is 10.1. The summed E-state index contributed by atoms with van der Waals surface area (Å²) in [6.45, 7) is 7.96. The van der Waals surface area contributed by atoms with Crippen LogP contribution in [0.4, 0.5) is 14.4 Å². The summed E-state index contributed by atoms with van der Waals surface area (Å²) in [5.74, 6) is 0.563. The largest absolute Gasteiger partial charge is 0.414 e. The van der Waals surface area contributed by atoms with Crippen LogP contribution in [0, 0.1) is 0 Å². The van der Waals surface area contributed by atoms with Gasteiger partial charge in [0.05, 0.1) is 5.56 Å². The van der Waals surface area contributed by atoms with Crippen molar-refractivity contribution in [1.29, 1.82) is 0 Å². The van der Waals surface area contributed by atoms with E-state index in [1.807, 2.05) is 44.2 Å². The summed E-state index contributed by atoms with van der Waals surface area (Å²) >= 11 is 0.889. The fourth-order valence-corrected chi connectivity index (χ4v) is 4.29. The fourth-order valence-electron chi connectivity index (χ4n) is 3.51. The van der Waals surface area contributed by atoms with Crippen LogP contribution in [-0.2, 0) is 0 Å². The third kappa shape index (κ3) is 7.08. The second-order valence-electron chi connectivity index (χ2n) is 8.82. The molecule has 0 bridgehead atoms. The third-order valence-corrected chi connectivity index (χ3v) is 6.23. The first-order valence-corrected chi connectivity index (χ1v) is 13.1. The average Bonchev–Trinajstić information content (AvgIpc) is 3.31. The molecule has 3 rings (SSSR count). The van der Waals surface area contributed by atoms with Crippen LogP contribution in [0.5, 0.6) is 11.5 Å². The molecule has 1 aromatic heterocycles. The molecule has 3 amide bonds. The summed E-state index contributed by atoms with van der Waals surface area (Å²) in [5.41, 5.74) is 1.10. The predicted octanol–water partition coefficient (Wildman–Crippen LogP) is 3.53. The Hall–Kier alpha value is -4.58. The smallest absolute Gasteiger partial charge is 0.410 e. The Morgan fingerprint density at radius 2 is 1.70 bits per heavy atom. The van der Waals surface area contributed by atoms with E-state index < -0.39 is 12.2 Å². The van der Waals surface area contributed by atoms with Gasteiger partial charge in [0.25, 0.3) is 5.24 Å². The molecule has 0 saturated carbocycles. The van der Waals surface area contributed by atoms with Gasteiger partial charge in [0.2, 0.25) is 5.16 Å². The number of nitrogens with one attached hydrogen (secondary N) is 1. The minimum atomic E-state index is -0.646. The molecule has 11 nitrogen and oxygen atoms in total. The van der Waals surface area contributed by atoms with E-state index in [1.54, 1.807) is 51.0 Å². The van der Waals surface area contributed by atoms with Gasteiger partial charge in [0.1, 0.15) is 11.5 Å². The molecule has 1 heterocycles. The molecule has 0 aliphatic rings. The van der Waals surface area contributed by atoms with E-state index >= 15 is 0 Å². The van der Waals surface area contributed by atoms with Gasteiger partial charge in [-0.15, -0.1) is 10.2 Å². The zero-order valence-corrected chi connectivity index (χ0v) is 24.1. The van der Waals surface area contributed by atoms with Crippen LogP contribution in [0.2, 0.25) is 0 Å². The maximum atomic E-state index is 12.6. The van der Waals surface area contributed by atoms with E-state index in [1.165, 1.54) is 15.9 Å². The van der Waals surface area contributed by atoms with Crippen molar-refractivity contribution in [1.82, 2.24) is 29.9 Å². The second-order valence-corrected chi connectivity index (χ2v) is 9.76. The highest BCUT2D eigenvalue weighted by Gasteiger charge is 2.24. The molecule has 210 valence electrons. The Kier molecular flexibility index (Phi) is 10.1. The molecule has 0 radical (unpaired) electrons. The van der Waals surface area contributed by atoms with E-state index in [-0.39, 0.29) is 16.7 Å². The van der Waals surface area contributed by atoms with Crippen LogP contribution in [0.25, 0.3) is 23.2 Å². The van der Waals surface area contributed by atoms with Gasteiger partial charge in [0, 0.05) is 63.5 Å². The molecule has 0 fully saturated rings. The van der Waals surface area contributed by atoms with Gasteiger partial charge in [-0.1, -0.05) is 43.0 Å². The first kappa shape index (κ1) is 30.0. The van der Waals surface area contributed by atoms with Crippen LogP contribution in [-0.4, -0.2) is 76.7 Å². The zero-order chi connectivity index (χ0) is 29.4. The van der Waals surface area contributed by atoms with Crippen LogP contribution in [0.3, 0.4) is 0 Å². The average molecular weight is 565 g/mol. The Bertz CT molecular complexity index is 1550. The monoisotopic (exact) mass is 564 g/mol. The number of allylic oxidation sites excluding steroid dienone is 1. The minimum Gasteiger partial charge on any atom is -0.410 e. The highest BCUT2D eigenvalue weighted by molar-refractivity contribution is 8.13. The summed E-state index contributed by atoms with van der Waals surface area (Å²) < 4.78 is 12.8. The number of ether oxygens (including phenoxy) is 2. The van der Waals surface area contributed by atoms with E-state index in [9.17, 15) is 14.4 Å². The highest BCUT2D eigenvalue weighted by Crippen LogP contribution is 2.36. The predicted molar refractivity (Wildman–Crippen MR) is 155 cm³/mol. The number of rotatable bonds is 7. The molecule has 40 heavy (non-hydrogen) atoms. The molecule has 0 unspecified atom stereocenters. The Morgan fingerprint density at radius 1 is 1.02 bits per heavy atom. The molecule has 0 aliphatic heterocycles. The molecule has 2 aromatic carbocycles. The second kappa shape index (κ2) is 13.5. The highest BCUT2D eigenvalue weighted by atomic mass is 32.2. The van der Waals surface area contributed by atoms with Crippen molar-refractivity contribution in [3.8, 4) is 22.9 Å². The first-order chi connectivity index (χ1) is 19.1. The van der Waals surface area contributed by atoms with Gasteiger partial charge in [0.15, 0.2) is 5.82 Å². The quantitative estimate of drug-likeness (QED) is 0.433. The Morgan fingerprint density at radius 3 is 2.35 bits per heavy atom. The summed E-state index contributed by atoms with van der Waals surface area (Å²) in [4.78, 5) is 39.8. The lowest BCUT2D eigenvalue weighted by molar-refractivity contribution is 0.170. The normalized spacial score (nSPS) is 11.9. The molecule has 0 spiro atoms. The van der Waals surface area contributed by atoms with Crippen molar-refractivity contribution in [3.05, 3.63) is 65.6 Å². The molecular formula is C28H32N6O5S. The van der Waals surface area contributed by atoms with E-state index in [0.29, 0.717) is 28.8 Å². The molecule has 0 atom stereocenters. The number of nitrogens with zero attached hydrogens (tertiary/aromatic N) is 5. The van der Waals surface area contributed by atoms with Crippen molar-refractivity contribution in [3.63, 3.8) is 0 Å². The van der Waals surface area contributed by atoms with Gasteiger partial charge in [-0.2, -0.15) is 0 Å². The Labute approximate surface area is 236 Å². The standard InChI is InChI=1S/C28H32N6O5S/c1-8-12-19-13-10-11-14-21(19)18(3)34-24(30-31-25(34)40-26(35)29-9-2)22-16-15-20(38-27(36)32(4)5)17-23(22)39-28(37)33(6)7/h8,10-17H,1,9H2,2-7H3,(H,29,35)/b19-12-,21-18+. The zero-order valence-electron chi connectivity index (χ0n) is 23.3. The number of amides is 3. The topological polar surface area (TPSA) is 119 Å². The number of hydrogen-bond acceptors (Lipinski definition) is 8. The van der Waals surface area contributed by atoms with Gasteiger partial charge in [-0.25, -0.2) is 9.59 Å². The van der Waals surface area contributed by atoms with Crippen molar-refractivity contribution >= 4 is 41.0 Å². The number of aromatic nitrogens is 3. The number of carbonyl (C=O) groups excluding carboxylic acids is 3. The lowest BCUT2D eigenvalue weighted by Crippen LogP contribution is -2.28. The van der Waals surface area contributed by atoms with Gasteiger partial charge >= 0.3 is 12.2 Å². The molecule has 3 aromatic rings. The maximum Gasteiger partial charge on any atom is 0.414 e. The van der Waals surface area contributed by atoms with Crippen LogP contribution < -0.4 is 25.2 Å². The summed E-state index contributed by atoms with van der Waals surface area (Å²) in [5, 5.41) is 13.2. The van der Waals surface area contributed by atoms with Gasteiger partial charge < -0.3 is 24.6 Å². The van der Waals surface area contributed by atoms with Crippen molar-refractivity contribution in [2.75, 3.05) is 34.7 Å². The number of thioether (sulfide) groups is 1. The molecular weight excluding hydrogens is 532 g/mol. The number of benzene rings is 2. The van der Waals surface area contributed by atoms with Crippen molar-refractivity contribution < 1.29 is 23.9 Å². The van der Waals surface area contributed by atoms with Crippen molar-refractivity contribution in [2.24, 2.45) is 0 Å². The third-order valence-electron chi connectivity index (χ3n) is 5.45. The lowest BCUT2D eigenvalue weighted by Gasteiger charge is -2.17. The van der Waals surface area contributed by atoms with Gasteiger partial charge in [-0.05, 0) is 31.2 Å². The maximum absolute atomic E-state index is 12.6. The van der Waals surface area contributed by atoms with Gasteiger partial charge in [-0.3, -0.25) is 9.36 Å². The summed E-state index contributed by atoms with van der Waals surface area (Å²) in [7, 11) is 6.21. The molecule has 0 saturated heterocycles. The molecule has 0 aliphatic carbocycles. The van der Waals surface area contributed by atoms with E-state index in [4.69, 9.17) is 9.47 Å². The van der Waals surface area contributed by atoms with E-state index in [2.05, 4.69) is 22.1 Å². The van der Waals surface area contributed by atoms with Crippen molar-refractivity contribution in [2.45, 2.75) is 19.0 Å². The number of hydrogen-bond donors (Lipinski definition) is 1. The summed E-state index contributed by atoms with van der Waals surface area (Å²) in [6.07, 6.45) is 2.32. The Balaban J connectivity index is 2.32. The molecule has 1 N–H and O–H groups in total. The van der Waals surface area contributed by atoms with Crippen LogP contribution in [0.1, 0.15) is 13.8 Å². The first-order valence-electron chi connectivity index (χ1n) is 12.3. The number of carbonyl (C=O) groups is 3. The van der Waals surface area contributed by atoms with Crippen LogP contribution >= 0.6 is 11.8 Å². The van der Waals surface area contributed by atoms with E-state index in [0.717, 1.165) is 22.2 Å². The summed E-state index contributed by atoms with van der Waals surface area (Å²) in [6, 6.07) is 12.3. The molecule has 12 heteroatoms. The van der Waals surface area contributed by atoms with Crippen LogP contribution in [0.15, 0.2) is 60.3 Å². The minimum absolute atomic E-state index is 0.0877. The fraction of sp³-hybridized carbons (Fsp3) is 0.250.